The van der Waals surface area contributed by atoms with Crippen molar-refractivity contribution in [3.8, 4) is 89.0 Å². The fourth-order valence-electron chi connectivity index (χ4n) is 22.9. The van der Waals surface area contributed by atoms with E-state index in [9.17, 15) is 0 Å². The van der Waals surface area contributed by atoms with Gasteiger partial charge in [-0.3, -0.25) is 0 Å². The maximum absolute atomic E-state index is 6.54. The molecule has 20 aromatic rings. The fraction of sp³-hybridized carbons (Fsp3) is 0.111. The molecule has 0 spiro atoms. The van der Waals surface area contributed by atoms with Crippen molar-refractivity contribution in [1.29, 1.82) is 0 Å². The molecule has 0 heterocycles. The number of rotatable bonds is 15. The van der Waals surface area contributed by atoms with Gasteiger partial charge in [0.1, 0.15) is 0 Å². The van der Waals surface area contributed by atoms with Gasteiger partial charge in [0.25, 0.3) is 0 Å². The molecule has 4 nitrogen and oxygen atoms in total. The van der Waals surface area contributed by atoms with Crippen LogP contribution >= 0.6 is 46.4 Å². The number of nitrogens with zero attached hydrogens (tertiary/aromatic N) is 4. The Bertz CT molecular complexity index is 8130. The van der Waals surface area contributed by atoms with E-state index in [1.54, 1.807) is 0 Å². The summed E-state index contributed by atoms with van der Waals surface area (Å²) in [6.07, 6.45) is 0. The average Bonchev–Trinajstić information content (AvgIpc) is 1.54. The molecule has 25 rings (SSSR count). The standard InChI is InChI=1S/C36H30ClN.3C33H26ClN/c1-35(2)31-14-7-5-12-27(31)29-18-16-25(21-33(29)35)38(24-11-9-10-23(37)20-24)26-17-19-30-28-13-6-8-15-32(28)36(3,4)34(30)22-26;1-33(2)30-17-8-6-16-28(30)29-20-19-26(22-31(29)33)35(25-14-10-13-24(34)21-25)32-18-9-7-15-27(32)23-11-4-3-5-12-23;1-33(2)29-15-7-6-14-28(29)32-30(33)16-9-17-31(32)35(27-13-8-12-25(34)22-27)26-20-18-24(19-21-26)23-10-4-3-5-11-23;1-33(2)31-14-7-6-13-29(31)30-20-19-28(22-32(30)33)35(27-12-8-11-25(34)21-27)26-17-15-24(16-18-26)23-9-4-3-5-10-23/h5-22H,1-4H3;3*3-22H,1-2H3. The predicted molar refractivity (Wildman–Crippen MR) is 609 cm³/mol. The molecule has 20 aromatic carbocycles. The summed E-state index contributed by atoms with van der Waals surface area (Å²) in [4.78, 5) is 9.30. The van der Waals surface area contributed by atoms with Crippen LogP contribution in [-0.4, -0.2) is 0 Å². The molecule has 0 amide bonds. The third-order valence-corrected chi connectivity index (χ3v) is 31.0. The zero-order chi connectivity index (χ0) is 98.2. The Morgan fingerprint density at radius 2 is 0.357 bits per heavy atom. The van der Waals surface area contributed by atoms with Crippen LogP contribution in [-0.2, 0) is 27.1 Å². The summed E-state index contributed by atoms with van der Waals surface area (Å²) >= 11 is 26.0. The summed E-state index contributed by atoms with van der Waals surface area (Å²) < 4.78 is 0. The summed E-state index contributed by atoms with van der Waals surface area (Å²) in [6.45, 7) is 23.3. The molecule has 0 aromatic heterocycles. The largest absolute Gasteiger partial charge is 0.310 e. The number of fused-ring (bicyclic) bond motifs is 15. The monoisotopic (exact) mass is 1920 g/mol. The molecule has 0 unspecified atom stereocenters. The van der Waals surface area contributed by atoms with Gasteiger partial charge < -0.3 is 19.6 Å². The van der Waals surface area contributed by atoms with Crippen LogP contribution in [0.3, 0.4) is 0 Å². The second-order valence-electron chi connectivity index (χ2n) is 40.4. The van der Waals surface area contributed by atoms with Crippen LogP contribution < -0.4 is 19.6 Å². The van der Waals surface area contributed by atoms with Crippen LogP contribution in [0.2, 0.25) is 20.1 Å². The van der Waals surface area contributed by atoms with E-state index in [2.05, 4.69) is 483 Å². The van der Waals surface area contributed by atoms with Gasteiger partial charge in [-0.2, -0.15) is 0 Å². The molecule has 0 saturated heterocycles. The van der Waals surface area contributed by atoms with E-state index in [4.69, 9.17) is 46.4 Å². The number of halogens is 4. The van der Waals surface area contributed by atoms with Gasteiger partial charge >= 0.3 is 0 Å². The van der Waals surface area contributed by atoms with E-state index < -0.39 is 0 Å². The number of anilines is 12. The topological polar surface area (TPSA) is 13.0 Å². The Kier molecular flexibility index (Phi) is 24.4. The summed E-state index contributed by atoms with van der Waals surface area (Å²) in [6, 6.07) is 168. The van der Waals surface area contributed by atoms with E-state index in [1.807, 2.05) is 78.9 Å². The Labute approximate surface area is 861 Å². The SMILES string of the molecule is CC1(C)c2ccccc2-c2c(N(c3ccc(-c4ccccc4)cc3)c3cccc(Cl)c3)cccc21.CC1(C)c2ccccc2-c2ccc(N(c3ccc(-c4ccccc4)cc3)c3cccc(Cl)c3)cc21.CC1(C)c2ccccc2-c2ccc(N(c3cccc(Cl)c3)c3ccc4c(c3)C(C)(C)c3ccccc3-4)cc21.CC1(C)c2ccccc2-c2ccc(N(c3cccc(Cl)c3)c3ccccc3-c3ccccc3)cc21. The Hall–Kier alpha value is -15.2. The lowest BCUT2D eigenvalue weighted by molar-refractivity contribution is 0.660. The fourth-order valence-corrected chi connectivity index (χ4v) is 23.6. The van der Waals surface area contributed by atoms with Crippen molar-refractivity contribution in [2.24, 2.45) is 0 Å². The van der Waals surface area contributed by atoms with Gasteiger partial charge in [0, 0.05) is 115 Å². The highest BCUT2D eigenvalue weighted by atomic mass is 35.5. The lowest BCUT2D eigenvalue weighted by Gasteiger charge is -2.30. The molecule has 0 aliphatic heterocycles. The minimum Gasteiger partial charge on any atom is -0.310 e. The summed E-state index contributed by atoms with van der Waals surface area (Å²) in [5.41, 5.74) is 46.9. The van der Waals surface area contributed by atoms with Crippen LogP contribution in [0.15, 0.2) is 473 Å². The van der Waals surface area contributed by atoms with Crippen molar-refractivity contribution < 1.29 is 0 Å². The first-order valence-corrected chi connectivity index (χ1v) is 50.8. The molecular weight excluding hydrogens is 1820 g/mol. The summed E-state index contributed by atoms with van der Waals surface area (Å²) in [5.74, 6) is 0. The van der Waals surface area contributed by atoms with Crippen molar-refractivity contribution in [2.45, 2.75) is 96.3 Å². The van der Waals surface area contributed by atoms with Crippen LogP contribution in [0, 0.1) is 0 Å². The third-order valence-electron chi connectivity index (χ3n) is 30.1. The normalized spacial score (nSPS) is 13.8. The highest BCUT2D eigenvalue weighted by molar-refractivity contribution is 6.32. The lowest BCUT2D eigenvalue weighted by Crippen LogP contribution is -2.18. The van der Waals surface area contributed by atoms with Crippen LogP contribution in [0.25, 0.3) is 89.0 Å². The summed E-state index contributed by atoms with van der Waals surface area (Å²) in [7, 11) is 0. The van der Waals surface area contributed by atoms with Gasteiger partial charge in [-0.05, 0) is 291 Å². The second-order valence-corrected chi connectivity index (χ2v) is 42.2. The smallest absolute Gasteiger partial charge is 0.0543 e. The van der Waals surface area contributed by atoms with Gasteiger partial charge in [0.05, 0.1) is 11.4 Å². The number of hydrogen-bond acceptors (Lipinski definition) is 4. The number of hydrogen-bond donors (Lipinski definition) is 0. The Balaban J connectivity index is 0.000000109. The Morgan fingerprint density at radius 3 is 0.706 bits per heavy atom. The van der Waals surface area contributed by atoms with E-state index in [0.717, 1.165) is 88.3 Å². The van der Waals surface area contributed by atoms with Crippen molar-refractivity contribution in [3.05, 3.63) is 549 Å². The molecule has 0 fully saturated rings. The molecule has 0 N–H and O–H groups in total. The first kappa shape index (κ1) is 92.8. The zero-order valence-electron chi connectivity index (χ0n) is 81.8. The average molecular weight is 1930 g/mol. The van der Waals surface area contributed by atoms with Gasteiger partial charge in [-0.1, -0.05) is 431 Å². The highest BCUT2D eigenvalue weighted by Crippen LogP contribution is 2.59. The first-order chi connectivity index (χ1) is 69.4. The van der Waals surface area contributed by atoms with E-state index in [1.165, 1.54) is 145 Å². The molecule has 0 saturated carbocycles. The molecule has 696 valence electrons. The molecule has 0 bridgehead atoms. The number of benzene rings is 20. The molecule has 0 radical (unpaired) electrons. The molecule has 143 heavy (non-hydrogen) atoms. The van der Waals surface area contributed by atoms with Gasteiger partial charge in [0.2, 0.25) is 0 Å². The van der Waals surface area contributed by atoms with Gasteiger partial charge in [0.15, 0.2) is 0 Å². The minimum atomic E-state index is -0.0686. The maximum Gasteiger partial charge on any atom is 0.0543 e. The molecule has 8 heteroatoms. The van der Waals surface area contributed by atoms with Crippen molar-refractivity contribution in [3.63, 3.8) is 0 Å². The second kappa shape index (κ2) is 37.6. The predicted octanol–water partition coefficient (Wildman–Crippen LogP) is 39.8. The van der Waals surface area contributed by atoms with Crippen molar-refractivity contribution in [1.82, 2.24) is 0 Å². The quantitative estimate of drug-likeness (QED) is 0.101. The molecule has 5 aliphatic carbocycles. The molecular formula is C135H108Cl4N4. The molecule has 0 atom stereocenters. The van der Waals surface area contributed by atoms with Crippen molar-refractivity contribution >= 4 is 115 Å². The van der Waals surface area contributed by atoms with E-state index in [-0.39, 0.29) is 27.1 Å². The van der Waals surface area contributed by atoms with Crippen LogP contribution in [0.4, 0.5) is 68.2 Å². The maximum atomic E-state index is 6.54. The zero-order valence-corrected chi connectivity index (χ0v) is 84.9. The van der Waals surface area contributed by atoms with Crippen molar-refractivity contribution in [2.75, 3.05) is 19.6 Å². The van der Waals surface area contributed by atoms with Crippen LogP contribution in [0.1, 0.15) is 125 Å². The number of para-hydroxylation sites is 1. The summed E-state index contributed by atoms with van der Waals surface area (Å²) in [5, 5.41) is 2.90. The third kappa shape index (κ3) is 17.0. The highest BCUT2D eigenvalue weighted by Gasteiger charge is 2.43. The Morgan fingerprint density at radius 1 is 0.140 bits per heavy atom. The van der Waals surface area contributed by atoms with E-state index >= 15 is 0 Å². The minimum absolute atomic E-state index is 0.0564. The lowest BCUT2D eigenvalue weighted by atomic mass is 9.82. The first-order valence-electron chi connectivity index (χ1n) is 49.3. The molecule has 5 aliphatic rings. The van der Waals surface area contributed by atoms with E-state index in [0.29, 0.717) is 0 Å². The van der Waals surface area contributed by atoms with Crippen LogP contribution in [0.5, 0.6) is 0 Å². The van der Waals surface area contributed by atoms with Gasteiger partial charge in [-0.25, -0.2) is 0 Å². The van der Waals surface area contributed by atoms with Gasteiger partial charge in [-0.15, -0.1) is 0 Å².